The minimum Gasteiger partial charge on any atom is -0.460 e. The minimum absolute atomic E-state index is 0.155. The van der Waals surface area contributed by atoms with E-state index >= 15 is 0 Å². The maximum Gasteiger partial charge on any atom is 0.253 e. The number of rotatable bonds is 12. The number of alkyl halides is 1. The number of piperidine rings is 1. The van der Waals surface area contributed by atoms with E-state index < -0.39 is 6.17 Å². The summed E-state index contributed by atoms with van der Waals surface area (Å²) in [5, 5.41) is 22.5. The molecule has 4 atom stereocenters. The normalized spacial score (nSPS) is 17.8. The number of amides is 1. The lowest BCUT2D eigenvalue weighted by Gasteiger charge is -2.30. The first-order chi connectivity index (χ1) is 21.8. The fourth-order valence-corrected chi connectivity index (χ4v) is 5.69. The summed E-state index contributed by atoms with van der Waals surface area (Å²) in [5.41, 5.74) is 5.01. The van der Waals surface area contributed by atoms with Crippen LogP contribution in [0, 0.1) is 18.3 Å². The zero-order valence-corrected chi connectivity index (χ0v) is 26.3. The van der Waals surface area contributed by atoms with Crippen LogP contribution in [0.2, 0.25) is 5.02 Å². The van der Waals surface area contributed by atoms with Crippen molar-refractivity contribution in [2.75, 3.05) is 19.6 Å². The van der Waals surface area contributed by atoms with Gasteiger partial charge in [0.2, 0.25) is 0 Å². The molecule has 0 spiro atoms. The Morgan fingerprint density at radius 1 is 1.11 bits per heavy atom. The molecule has 1 fully saturated rings. The Morgan fingerprint density at radius 3 is 2.62 bits per heavy atom. The van der Waals surface area contributed by atoms with Crippen molar-refractivity contribution in [3.63, 3.8) is 0 Å². The van der Waals surface area contributed by atoms with Crippen LogP contribution in [-0.2, 0) is 13.0 Å². The van der Waals surface area contributed by atoms with E-state index in [1.807, 2.05) is 30.3 Å². The number of nitriles is 1. The van der Waals surface area contributed by atoms with E-state index in [1.165, 1.54) is 11.1 Å². The second kappa shape index (κ2) is 15.3. The molecule has 0 bridgehead atoms. The predicted molar refractivity (Wildman–Crippen MR) is 176 cm³/mol. The topological polar surface area (TPSA) is 102 Å². The summed E-state index contributed by atoms with van der Waals surface area (Å²) in [5.74, 6) is 1.09. The zero-order valence-electron chi connectivity index (χ0n) is 25.6. The summed E-state index contributed by atoms with van der Waals surface area (Å²) in [4.78, 5) is 13.6. The molecule has 1 aliphatic heterocycles. The predicted octanol–water partition coefficient (Wildman–Crippen LogP) is 6.26. The molecule has 2 heterocycles. The maximum atomic E-state index is 14.5. The third-order valence-electron chi connectivity index (χ3n) is 8.25. The Hall–Kier alpha value is -4.00. The van der Waals surface area contributed by atoms with Crippen LogP contribution in [0.4, 0.5) is 4.39 Å². The van der Waals surface area contributed by atoms with Gasteiger partial charge in [0.15, 0.2) is 0 Å². The first-order valence-corrected chi connectivity index (χ1v) is 15.7. The number of nitrogens with zero attached hydrogens (tertiary/aromatic N) is 1. The first kappa shape index (κ1) is 32.4. The van der Waals surface area contributed by atoms with E-state index in [-0.39, 0.29) is 24.0 Å². The molecular formula is C36H39ClFN5O2. The van der Waals surface area contributed by atoms with E-state index in [2.05, 4.69) is 65.4 Å². The van der Waals surface area contributed by atoms with Crippen LogP contribution in [0.5, 0.6) is 0 Å². The second-order valence-corrected chi connectivity index (χ2v) is 12.1. The SMILES string of the molecule is Cc1ccc(C(C)NCc2ccc(-c3ccc(Cl)c(C(=O)NC(CNC4CCNCC4F)Cc4ccc(C#N)cc4)c3)o2)cc1. The quantitative estimate of drug-likeness (QED) is 0.148. The first-order valence-electron chi connectivity index (χ1n) is 15.4. The summed E-state index contributed by atoms with van der Waals surface area (Å²) in [6.07, 6.45) is 0.160. The molecule has 3 aromatic carbocycles. The number of hydrogen-bond acceptors (Lipinski definition) is 6. The third-order valence-corrected chi connectivity index (χ3v) is 8.58. The number of aryl methyl sites for hydroxylation is 1. The van der Waals surface area contributed by atoms with Gasteiger partial charge in [-0.25, -0.2) is 4.39 Å². The van der Waals surface area contributed by atoms with Crippen molar-refractivity contribution >= 4 is 17.5 Å². The Balaban J connectivity index is 1.26. The number of hydrogen-bond donors (Lipinski definition) is 4. The monoisotopic (exact) mass is 627 g/mol. The van der Waals surface area contributed by atoms with E-state index in [0.717, 1.165) is 23.4 Å². The van der Waals surface area contributed by atoms with Crippen molar-refractivity contribution in [3.8, 4) is 17.4 Å². The number of nitrogens with one attached hydrogen (secondary N) is 4. The van der Waals surface area contributed by atoms with Crippen LogP contribution in [0.3, 0.4) is 0 Å². The maximum absolute atomic E-state index is 14.5. The molecule has 9 heteroatoms. The molecule has 7 nitrogen and oxygen atoms in total. The second-order valence-electron chi connectivity index (χ2n) is 11.7. The molecule has 4 aromatic rings. The highest BCUT2D eigenvalue weighted by molar-refractivity contribution is 6.34. The standard InChI is InChI=1S/C36H39ClFN5O2/c1-23-3-9-27(10-4-23)24(2)41-21-30-12-14-35(45-30)28-11-13-32(37)31(18-28)36(44)43-29(17-25-5-7-26(19-39)8-6-25)20-42-34-15-16-40-22-33(34)38/h3-14,18,24,29,33-34,40-42H,15-17,20-22H2,1-2H3,(H,43,44). The molecule has 4 unspecified atom stereocenters. The van der Waals surface area contributed by atoms with Gasteiger partial charge in [-0.3, -0.25) is 4.79 Å². The Bertz CT molecular complexity index is 1620. The summed E-state index contributed by atoms with van der Waals surface area (Å²) < 4.78 is 20.6. The van der Waals surface area contributed by atoms with Crippen LogP contribution in [-0.4, -0.2) is 43.8 Å². The fourth-order valence-electron chi connectivity index (χ4n) is 5.49. The van der Waals surface area contributed by atoms with E-state index in [0.29, 0.717) is 54.4 Å². The summed E-state index contributed by atoms with van der Waals surface area (Å²) in [6, 6.07) is 26.4. The highest BCUT2D eigenvalue weighted by Crippen LogP contribution is 2.27. The van der Waals surface area contributed by atoms with Gasteiger partial charge >= 0.3 is 0 Å². The van der Waals surface area contributed by atoms with Crippen LogP contribution in [0.15, 0.2) is 83.3 Å². The van der Waals surface area contributed by atoms with Gasteiger partial charge in [0.1, 0.15) is 17.7 Å². The van der Waals surface area contributed by atoms with Gasteiger partial charge in [0.25, 0.3) is 5.91 Å². The number of carbonyl (C=O) groups excluding carboxylic acids is 1. The number of halogens is 2. The van der Waals surface area contributed by atoms with Gasteiger partial charge in [-0.1, -0.05) is 53.6 Å². The van der Waals surface area contributed by atoms with Crippen molar-refractivity contribution in [3.05, 3.63) is 117 Å². The summed E-state index contributed by atoms with van der Waals surface area (Å²) in [6.45, 7) is 6.17. The van der Waals surface area contributed by atoms with Gasteiger partial charge < -0.3 is 25.7 Å². The molecule has 1 aliphatic rings. The molecule has 0 aliphatic carbocycles. The average molecular weight is 628 g/mol. The van der Waals surface area contributed by atoms with Gasteiger partial charge in [-0.05, 0) is 86.8 Å². The van der Waals surface area contributed by atoms with E-state index in [9.17, 15) is 9.18 Å². The third kappa shape index (κ3) is 8.80. The van der Waals surface area contributed by atoms with Gasteiger partial charge in [0, 0.05) is 36.8 Å². The van der Waals surface area contributed by atoms with Gasteiger partial charge in [0.05, 0.1) is 28.8 Å². The summed E-state index contributed by atoms with van der Waals surface area (Å²) >= 11 is 6.53. The molecule has 1 saturated heterocycles. The lowest BCUT2D eigenvalue weighted by atomic mass is 10.0. The number of furan rings is 1. The number of benzene rings is 3. The van der Waals surface area contributed by atoms with Crippen LogP contribution in [0.1, 0.15) is 57.8 Å². The Morgan fingerprint density at radius 2 is 1.89 bits per heavy atom. The minimum atomic E-state index is -1.00. The lowest BCUT2D eigenvalue weighted by molar-refractivity contribution is 0.0934. The van der Waals surface area contributed by atoms with Gasteiger partial charge in [-0.15, -0.1) is 0 Å². The largest absolute Gasteiger partial charge is 0.460 e. The molecule has 0 radical (unpaired) electrons. The van der Waals surface area contributed by atoms with Crippen molar-refractivity contribution in [1.82, 2.24) is 21.3 Å². The van der Waals surface area contributed by atoms with E-state index in [4.69, 9.17) is 21.3 Å². The number of carbonyl (C=O) groups is 1. The van der Waals surface area contributed by atoms with Crippen LogP contribution < -0.4 is 21.3 Å². The Kier molecular flexibility index (Phi) is 11.0. The molecular weight excluding hydrogens is 589 g/mol. The average Bonchev–Trinajstić information content (AvgIpc) is 3.53. The van der Waals surface area contributed by atoms with Crippen molar-refractivity contribution in [2.45, 2.75) is 57.5 Å². The lowest BCUT2D eigenvalue weighted by Crippen LogP contribution is -2.53. The van der Waals surface area contributed by atoms with Crippen molar-refractivity contribution in [1.29, 1.82) is 5.26 Å². The van der Waals surface area contributed by atoms with Crippen LogP contribution in [0.25, 0.3) is 11.3 Å². The molecule has 45 heavy (non-hydrogen) atoms. The molecule has 1 aromatic heterocycles. The summed E-state index contributed by atoms with van der Waals surface area (Å²) in [7, 11) is 0. The molecule has 5 rings (SSSR count). The van der Waals surface area contributed by atoms with E-state index in [1.54, 1.807) is 24.3 Å². The Labute approximate surface area is 269 Å². The highest BCUT2D eigenvalue weighted by atomic mass is 35.5. The molecule has 0 saturated carbocycles. The molecule has 1 amide bonds. The van der Waals surface area contributed by atoms with Crippen LogP contribution >= 0.6 is 11.6 Å². The smallest absolute Gasteiger partial charge is 0.253 e. The fraction of sp³-hybridized carbons (Fsp3) is 0.333. The van der Waals surface area contributed by atoms with Crippen molar-refractivity contribution in [2.24, 2.45) is 0 Å². The van der Waals surface area contributed by atoms with Gasteiger partial charge in [-0.2, -0.15) is 5.26 Å². The molecule has 4 N–H and O–H groups in total. The molecule has 234 valence electrons. The zero-order chi connectivity index (χ0) is 31.8. The van der Waals surface area contributed by atoms with Crippen molar-refractivity contribution < 1.29 is 13.6 Å². The highest BCUT2D eigenvalue weighted by Gasteiger charge is 2.26.